The lowest BCUT2D eigenvalue weighted by Gasteiger charge is -2.41. The normalized spacial score (nSPS) is 37.0. The Morgan fingerprint density at radius 3 is 2.78 bits per heavy atom. The summed E-state index contributed by atoms with van der Waals surface area (Å²) in [5, 5.41) is 9.28. The Kier molecular flexibility index (Phi) is 3.90. The maximum absolute atomic E-state index is 12.1. The van der Waals surface area contributed by atoms with Gasteiger partial charge in [-0.2, -0.15) is 0 Å². The smallest absolute Gasteiger partial charge is 0.308 e. The SMILES string of the molecule is CC1CC(=O)N(CC2CCOC2)C(C)C1C(=O)O. The van der Waals surface area contributed by atoms with Crippen LogP contribution in [0.15, 0.2) is 0 Å². The van der Waals surface area contributed by atoms with E-state index in [1.54, 1.807) is 4.90 Å². The Labute approximate surface area is 107 Å². The summed E-state index contributed by atoms with van der Waals surface area (Å²) in [4.78, 5) is 25.1. The van der Waals surface area contributed by atoms with Crippen molar-refractivity contribution in [3.63, 3.8) is 0 Å². The minimum atomic E-state index is -0.796. The van der Waals surface area contributed by atoms with Gasteiger partial charge in [0, 0.05) is 31.5 Å². The standard InChI is InChI=1S/C13H21NO4/c1-8-5-11(15)14(6-10-3-4-18-7-10)9(2)12(8)13(16)17/h8-10,12H,3-7H2,1-2H3,(H,16,17). The second-order valence-electron chi connectivity index (χ2n) is 5.56. The first-order valence-corrected chi connectivity index (χ1v) is 6.60. The predicted molar refractivity (Wildman–Crippen MR) is 65.0 cm³/mol. The number of rotatable bonds is 3. The molecule has 2 rings (SSSR count). The molecule has 0 aliphatic carbocycles. The second-order valence-corrected chi connectivity index (χ2v) is 5.56. The zero-order chi connectivity index (χ0) is 13.3. The van der Waals surface area contributed by atoms with Crippen LogP contribution in [0.25, 0.3) is 0 Å². The Morgan fingerprint density at radius 1 is 1.50 bits per heavy atom. The van der Waals surface area contributed by atoms with Gasteiger partial charge in [0.05, 0.1) is 12.5 Å². The third kappa shape index (κ3) is 2.51. The van der Waals surface area contributed by atoms with Crippen molar-refractivity contribution in [1.29, 1.82) is 0 Å². The van der Waals surface area contributed by atoms with Crippen molar-refractivity contribution in [2.24, 2.45) is 17.8 Å². The molecule has 0 radical (unpaired) electrons. The fourth-order valence-corrected chi connectivity index (χ4v) is 3.14. The van der Waals surface area contributed by atoms with Crippen molar-refractivity contribution < 1.29 is 19.4 Å². The van der Waals surface area contributed by atoms with Gasteiger partial charge < -0.3 is 14.7 Å². The van der Waals surface area contributed by atoms with Crippen LogP contribution in [-0.2, 0) is 14.3 Å². The van der Waals surface area contributed by atoms with Gasteiger partial charge in [-0.1, -0.05) is 6.92 Å². The van der Waals surface area contributed by atoms with Crippen molar-refractivity contribution in [3.8, 4) is 0 Å². The molecule has 1 N–H and O–H groups in total. The van der Waals surface area contributed by atoms with Crippen LogP contribution in [0.3, 0.4) is 0 Å². The maximum Gasteiger partial charge on any atom is 0.308 e. The number of carboxylic acids is 1. The average molecular weight is 255 g/mol. The van der Waals surface area contributed by atoms with Gasteiger partial charge in [0.15, 0.2) is 0 Å². The fraction of sp³-hybridized carbons (Fsp3) is 0.846. The molecule has 0 aromatic rings. The molecule has 2 saturated heterocycles. The van der Waals surface area contributed by atoms with Gasteiger partial charge in [-0.15, -0.1) is 0 Å². The lowest BCUT2D eigenvalue weighted by molar-refractivity contribution is -0.155. The summed E-state index contributed by atoms with van der Waals surface area (Å²) >= 11 is 0. The Hall–Kier alpha value is -1.10. The van der Waals surface area contributed by atoms with Gasteiger partial charge >= 0.3 is 5.97 Å². The molecule has 18 heavy (non-hydrogen) atoms. The summed E-state index contributed by atoms with van der Waals surface area (Å²) in [6.45, 7) is 5.77. The maximum atomic E-state index is 12.1. The summed E-state index contributed by atoms with van der Waals surface area (Å²) in [5.41, 5.74) is 0. The zero-order valence-electron chi connectivity index (χ0n) is 11.0. The molecule has 2 aliphatic heterocycles. The molecule has 0 saturated carbocycles. The molecule has 2 aliphatic rings. The Balaban J connectivity index is 2.07. The number of hydrogen-bond acceptors (Lipinski definition) is 3. The van der Waals surface area contributed by atoms with Gasteiger partial charge in [-0.3, -0.25) is 9.59 Å². The largest absolute Gasteiger partial charge is 0.481 e. The van der Waals surface area contributed by atoms with Crippen LogP contribution in [0.4, 0.5) is 0 Å². The summed E-state index contributed by atoms with van der Waals surface area (Å²) in [6.07, 6.45) is 1.30. The number of aliphatic carboxylic acids is 1. The third-order valence-corrected chi connectivity index (χ3v) is 4.21. The number of amides is 1. The quantitative estimate of drug-likeness (QED) is 0.816. The lowest BCUT2D eigenvalue weighted by atomic mass is 9.80. The monoisotopic (exact) mass is 255 g/mol. The zero-order valence-corrected chi connectivity index (χ0v) is 11.0. The fourth-order valence-electron chi connectivity index (χ4n) is 3.14. The van der Waals surface area contributed by atoms with Gasteiger partial charge in [0.2, 0.25) is 5.91 Å². The van der Waals surface area contributed by atoms with E-state index in [0.717, 1.165) is 13.0 Å². The van der Waals surface area contributed by atoms with E-state index >= 15 is 0 Å². The van der Waals surface area contributed by atoms with Crippen molar-refractivity contribution >= 4 is 11.9 Å². The van der Waals surface area contributed by atoms with E-state index in [9.17, 15) is 14.7 Å². The molecule has 2 heterocycles. The summed E-state index contributed by atoms with van der Waals surface area (Å²) in [5.74, 6) is -0.889. The van der Waals surface area contributed by atoms with E-state index in [1.807, 2.05) is 13.8 Å². The van der Waals surface area contributed by atoms with Gasteiger partial charge in [-0.05, 0) is 19.3 Å². The molecular weight excluding hydrogens is 234 g/mol. The van der Waals surface area contributed by atoms with E-state index in [4.69, 9.17) is 4.74 Å². The molecule has 5 nitrogen and oxygen atoms in total. The highest BCUT2D eigenvalue weighted by Gasteiger charge is 2.42. The molecule has 5 heteroatoms. The number of nitrogens with zero attached hydrogens (tertiary/aromatic N) is 1. The van der Waals surface area contributed by atoms with E-state index in [2.05, 4.69) is 0 Å². The highest BCUT2D eigenvalue weighted by atomic mass is 16.5. The van der Waals surface area contributed by atoms with E-state index in [-0.39, 0.29) is 17.9 Å². The first-order chi connectivity index (χ1) is 8.50. The van der Waals surface area contributed by atoms with Crippen LogP contribution in [0, 0.1) is 17.8 Å². The Bertz CT molecular complexity index is 338. The molecule has 4 atom stereocenters. The number of hydrogen-bond donors (Lipinski definition) is 1. The van der Waals surface area contributed by atoms with Crippen LogP contribution in [0.1, 0.15) is 26.7 Å². The topological polar surface area (TPSA) is 66.8 Å². The van der Waals surface area contributed by atoms with Gasteiger partial charge in [0.1, 0.15) is 0 Å². The number of piperidine rings is 1. The van der Waals surface area contributed by atoms with E-state index < -0.39 is 11.9 Å². The van der Waals surface area contributed by atoms with E-state index in [1.165, 1.54) is 0 Å². The van der Waals surface area contributed by atoms with Gasteiger partial charge in [0.25, 0.3) is 0 Å². The number of carbonyl (C=O) groups is 2. The first-order valence-electron chi connectivity index (χ1n) is 6.60. The van der Waals surface area contributed by atoms with Crippen molar-refractivity contribution in [3.05, 3.63) is 0 Å². The molecule has 4 unspecified atom stereocenters. The summed E-state index contributed by atoms with van der Waals surface area (Å²) in [6, 6.07) is -0.223. The molecule has 102 valence electrons. The summed E-state index contributed by atoms with van der Waals surface area (Å²) in [7, 11) is 0. The predicted octanol–water partition coefficient (Wildman–Crippen LogP) is 0.981. The highest BCUT2D eigenvalue weighted by molar-refractivity contribution is 5.81. The Morgan fingerprint density at radius 2 is 2.22 bits per heavy atom. The average Bonchev–Trinajstić information content (AvgIpc) is 2.75. The molecule has 0 spiro atoms. The van der Waals surface area contributed by atoms with Crippen LogP contribution in [-0.4, -0.2) is 47.7 Å². The molecule has 0 aromatic carbocycles. The lowest BCUT2D eigenvalue weighted by Crippen LogP contribution is -2.54. The van der Waals surface area contributed by atoms with Crippen LogP contribution >= 0.6 is 0 Å². The number of carbonyl (C=O) groups excluding carboxylic acids is 1. The minimum Gasteiger partial charge on any atom is -0.481 e. The molecule has 2 fully saturated rings. The number of likely N-dealkylation sites (tertiary alicyclic amines) is 1. The van der Waals surface area contributed by atoms with Gasteiger partial charge in [-0.25, -0.2) is 0 Å². The number of ether oxygens (including phenoxy) is 1. The molecule has 1 amide bonds. The van der Waals surface area contributed by atoms with Crippen molar-refractivity contribution in [2.45, 2.75) is 32.7 Å². The third-order valence-electron chi connectivity index (χ3n) is 4.21. The van der Waals surface area contributed by atoms with Crippen molar-refractivity contribution in [2.75, 3.05) is 19.8 Å². The van der Waals surface area contributed by atoms with Crippen molar-refractivity contribution in [1.82, 2.24) is 4.90 Å². The van der Waals surface area contributed by atoms with Crippen LogP contribution < -0.4 is 0 Å². The van der Waals surface area contributed by atoms with E-state index in [0.29, 0.717) is 25.5 Å². The van der Waals surface area contributed by atoms with Crippen LogP contribution in [0.2, 0.25) is 0 Å². The minimum absolute atomic E-state index is 0.0823. The first kappa shape index (κ1) is 13.3. The number of carboxylic acid groups (broad SMARTS) is 1. The second kappa shape index (κ2) is 5.26. The molecular formula is C13H21NO4. The summed E-state index contributed by atoms with van der Waals surface area (Å²) < 4.78 is 5.31. The molecule has 0 aromatic heterocycles. The van der Waals surface area contributed by atoms with Crippen LogP contribution in [0.5, 0.6) is 0 Å². The highest BCUT2D eigenvalue weighted by Crippen LogP contribution is 2.31. The molecule has 0 bridgehead atoms.